The number of benzene rings is 1. The van der Waals surface area contributed by atoms with Crippen LogP contribution in [0.3, 0.4) is 0 Å². The predicted octanol–water partition coefficient (Wildman–Crippen LogP) is 4.25. The number of anilines is 1. The molecule has 126 valence electrons. The van der Waals surface area contributed by atoms with Crippen molar-refractivity contribution in [3.63, 3.8) is 0 Å². The molecule has 1 aromatic carbocycles. The van der Waals surface area contributed by atoms with Gasteiger partial charge in [0.1, 0.15) is 5.82 Å². The molecule has 23 heavy (non-hydrogen) atoms. The number of amides is 2. The third-order valence-corrected chi connectivity index (χ3v) is 3.62. The number of nitrogens with one attached hydrogen (secondary N) is 1. The summed E-state index contributed by atoms with van der Waals surface area (Å²) in [7, 11) is 0. The molecule has 0 unspecified atom stereocenters. The van der Waals surface area contributed by atoms with Gasteiger partial charge in [-0.25, -0.2) is 9.18 Å². The summed E-state index contributed by atoms with van der Waals surface area (Å²) < 4.78 is 50.5. The minimum atomic E-state index is -4.41. The fourth-order valence-electron chi connectivity index (χ4n) is 1.71. The molecule has 0 aliphatic heterocycles. The normalized spacial score (nSPS) is 11.0. The Balaban J connectivity index is 2.76. The van der Waals surface area contributed by atoms with E-state index in [9.17, 15) is 22.4 Å². The van der Waals surface area contributed by atoms with Crippen LogP contribution >= 0.6 is 11.8 Å². The van der Waals surface area contributed by atoms with E-state index in [1.807, 2.05) is 0 Å². The van der Waals surface area contributed by atoms with Crippen molar-refractivity contribution in [2.75, 3.05) is 24.7 Å². The first kappa shape index (κ1) is 19.1. The molecular formula is C14H15F4N3OS. The summed E-state index contributed by atoms with van der Waals surface area (Å²) >= 11 is 1.19. The first-order valence-electron chi connectivity index (χ1n) is 6.60. The highest BCUT2D eigenvalue weighted by atomic mass is 32.2. The van der Waals surface area contributed by atoms with Crippen molar-refractivity contribution < 1.29 is 22.4 Å². The van der Waals surface area contributed by atoms with E-state index in [0.29, 0.717) is 4.90 Å². The maximum absolute atomic E-state index is 13.6. The Bertz CT molecular complexity index is 586. The van der Waals surface area contributed by atoms with Gasteiger partial charge < -0.3 is 10.2 Å². The Hall–Kier alpha value is -1.95. The van der Waals surface area contributed by atoms with Gasteiger partial charge in [0.05, 0.1) is 18.9 Å². The van der Waals surface area contributed by atoms with Crippen LogP contribution in [0.5, 0.6) is 0 Å². The Labute approximate surface area is 135 Å². The fourth-order valence-corrected chi connectivity index (χ4v) is 2.17. The van der Waals surface area contributed by atoms with Gasteiger partial charge in [-0.1, -0.05) is 0 Å². The van der Waals surface area contributed by atoms with Crippen molar-refractivity contribution in [3.8, 4) is 6.07 Å². The Morgan fingerprint density at radius 2 is 2.09 bits per heavy atom. The lowest BCUT2D eigenvalue weighted by Gasteiger charge is -2.22. The number of halogens is 4. The van der Waals surface area contributed by atoms with Gasteiger partial charge in [-0.2, -0.15) is 18.4 Å². The highest BCUT2D eigenvalue weighted by Crippen LogP contribution is 2.23. The zero-order valence-corrected chi connectivity index (χ0v) is 13.1. The largest absolute Gasteiger partial charge is 0.390 e. The van der Waals surface area contributed by atoms with Crippen LogP contribution in [-0.4, -0.2) is 36.5 Å². The summed E-state index contributed by atoms with van der Waals surface area (Å²) in [5.74, 6) is -0.533. The Kier molecular flexibility index (Phi) is 7.16. The molecule has 4 nitrogen and oxygen atoms in total. The van der Waals surface area contributed by atoms with E-state index in [1.54, 1.807) is 12.3 Å². The summed E-state index contributed by atoms with van der Waals surface area (Å²) in [5, 5.41) is 10.9. The van der Waals surface area contributed by atoms with Crippen molar-refractivity contribution in [2.24, 2.45) is 0 Å². The maximum atomic E-state index is 13.6. The summed E-state index contributed by atoms with van der Waals surface area (Å²) in [6, 6.07) is 4.98. The van der Waals surface area contributed by atoms with Gasteiger partial charge in [0.15, 0.2) is 0 Å². The van der Waals surface area contributed by atoms with Crippen LogP contribution < -0.4 is 5.32 Å². The summed E-state index contributed by atoms with van der Waals surface area (Å²) in [4.78, 5) is 13.3. The average Bonchev–Trinajstić information content (AvgIpc) is 2.46. The molecule has 0 aromatic heterocycles. The second kappa shape index (κ2) is 8.62. The van der Waals surface area contributed by atoms with Gasteiger partial charge in [-0.3, -0.25) is 0 Å². The van der Waals surface area contributed by atoms with Crippen LogP contribution in [0.15, 0.2) is 23.1 Å². The molecule has 0 fully saturated rings. The zero-order chi connectivity index (χ0) is 17.5. The van der Waals surface area contributed by atoms with E-state index in [4.69, 9.17) is 5.26 Å². The number of nitriles is 1. The molecule has 0 saturated carbocycles. The van der Waals surface area contributed by atoms with Crippen LogP contribution in [0.25, 0.3) is 0 Å². The van der Waals surface area contributed by atoms with E-state index in [1.165, 1.54) is 23.9 Å². The minimum absolute atomic E-state index is 0.0922. The number of carbonyl (C=O) groups is 1. The molecular weight excluding hydrogens is 334 g/mol. The van der Waals surface area contributed by atoms with Crippen molar-refractivity contribution in [2.45, 2.75) is 23.9 Å². The number of rotatable bonds is 6. The SMILES string of the molecule is CSc1ccc(NC(=O)N(CCC#N)CCC(F)(F)F)cc1F. The number of alkyl halides is 3. The smallest absolute Gasteiger partial charge is 0.323 e. The molecule has 0 heterocycles. The maximum Gasteiger partial charge on any atom is 0.390 e. The second-order valence-electron chi connectivity index (χ2n) is 4.54. The highest BCUT2D eigenvalue weighted by Gasteiger charge is 2.29. The number of hydrogen-bond donors (Lipinski definition) is 1. The molecule has 1 rings (SSSR count). The van der Waals surface area contributed by atoms with E-state index in [0.717, 1.165) is 11.0 Å². The lowest BCUT2D eigenvalue weighted by atomic mass is 10.3. The lowest BCUT2D eigenvalue weighted by molar-refractivity contribution is -0.136. The number of nitrogens with zero attached hydrogens (tertiary/aromatic N) is 2. The molecule has 9 heteroatoms. The van der Waals surface area contributed by atoms with Crippen LogP contribution in [0.1, 0.15) is 12.8 Å². The third-order valence-electron chi connectivity index (χ3n) is 2.85. The average molecular weight is 349 g/mol. The first-order chi connectivity index (χ1) is 10.8. The molecule has 0 spiro atoms. The topological polar surface area (TPSA) is 56.1 Å². The van der Waals surface area contributed by atoms with Gasteiger partial charge in [0, 0.05) is 23.7 Å². The van der Waals surface area contributed by atoms with Gasteiger partial charge in [-0.05, 0) is 24.5 Å². The van der Waals surface area contributed by atoms with Gasteiger partial charge >= 0.3 is 12.2 Å². The summed E-state index contributed by atoms with van der Waals surface area (Å²) in [5.41, 5.74) is 0.138. The summed E-state index contributed by atoms with van der Waals surface area (Å²) in [6.45, 7) is -0.702. The molecule has 0 bridgehead atoms. The standard InChI is InChI=1S/C14H15F4N3OS/c1-23-12-4-3-10(9-11(12)15)20-13(22)21(7-2-6-19)8-5-14(16,17)18/h3-4,9H,2,5,7-8H2,1H3,(H,20,22). The molecule has 2 amide bonds. The molecule has 0 saturated heterocycles. The lowest BCUT2D eigenvalue weighted by Crippen LogP contribution is -2.38. The number of carbonyl (C=O) groups excluding carboxylic acids is 1. The van der Waals surface area contributed by atoms with Crippen LogP contribution in [0.4, 0.5) is 28.0 Å². The summed E-state index contributed by atoms with van der Waals surface area (Å²) in [6.07, 6.45) is -3.98. The monoisotopic (exact) mass is 349 g/mol. The van der Waals surface area contributed by atoms with Crippen molar-refractivity contribution in [3.05, 3.63) is 24.0 Å². The number of urea groups is 1. The van der Waals surface area contributed by atoms with E-state index >= 15 is 0 Å². The Morgan fingerprint density at radius 1 is 1.39 bits per heavy atom. The van der Waals surface area contributed by atoms with E-state index in [2.05, 4.69) is 5.32 Å². The first-order valence-corrected chi connectivity index (χ1v) is 7.82. The number of thioether (sulfide) groups is 1. The minimum Gasteiger partial charge on any atom is -0.323 e. The van der Waals surface area contributed by atoms with Crippen molar-refractivity contribution in [1.82, 2.24) is 4.90 Å². The quantitative estimate of drug-likeness (QED) is 0.617. The van der Waals surface area contributed by atoms with Crippen molar-refractivity contribution in [1.29, 1.82) is 5.26 Å². The molecule has 0 aliphatic carbocycles. The highest BCUT2D eigenvalue weighted by molar-refractivity contribution is 7.98. The third kappa shape index (κ3) is 6.78. The zero-order valence-electron chi connectivity index (χ0n) is 12.3. The van der Waals surface area contributed by atoms with E-state index < -0.39 is 31.0 Å². The van der Waals surface area contributed by atoms with Crippen molar-refractivity contribution >= 4 is 23.5 Å². The molecule has 0 aliphatic rings. The number of hydrogen-bond acceptors (Lipinski definition) is 3. The molecule has 0 atom stereocenters. The van der Waals surface area contributed by atoms with Gasteiger partial charge in [0.2, 0.25) is 0 Å². The molecule has 1 aromatic rings. The second-order valence-corrected chi connectivity index (χ2v) is 5.39. The fraction of sp³-hybridized carbons (Fsp3) is 0.429. The van der Waals surface area contributed by atoms with Gasteiger partial charge in [0.25, 0.3) is 0 Å². The predicted molar refractivity (Wildman–Crippen MR) is 79.7 cm³/mol. The van der Waals surface area contributed by atoms with Crippen LogP contribution in [0, 0.1) is 17.1 Å². The molecule has 0 radical (unpaired) electrons. The Morgan fingerprint density at radius 3 is 2.61 bits per heavy atom. The van der Waals surface area contributed by atoms with Crippen LogP contribution in [-0.2, 0) is 0 Å². The van der Waals surface area contributed by atoms with E-state index in [-0.39, 0.29) is 18.7 Å². The van der Waals surface area contributed by atoms with Crippen LogP contribution in [0.2, 0.25) is 0 Å². The molecule has 1 N–H and O–H groups in total. The van der Waals surface area contributed by atoms with Gasteiger partial charge in [-0.15, -0.1) is 11.8 Å².